The summed E-state index contributed by atoms with van der Waals surface area (Å²) in [4.78, 5) is 14.9. The SMILES string of the molecule is Cc1ccc(C2=C(O)C(=O)N(Cc3ccc4c(c3)OCO4)C2c2ccc(Br)cc2)cc1. The number of aliphatic hydroxyl groups is 1. The first-order chi connectivity index (χ1) is 15.0. The number of nitrogens with zero attached hydrogens (tertiary/aromatic N) is 1. The van der Waals surface area contributed by atoms with Crippen LogP contribution in [0.4, 0.5) is 0 Å². The van der Waals surface area contributed by atoms with Crippen LogP contribution >= 0.6 is 15.9 Å². The Morgan fingerprint density at radius 3 is 2.45 bits per heavy atom. The minimum Gasteiger partial charge on any atom is -0.503 e. The van der Waals surface area contributed by atoms with Crippen LogP contribution in [0.25, 0.3) is 5.57 Å². The van der Waals surface area contributed by atoms with Gasteiger partial charge in [-0.2, -0.15) is 0 Å². The summed E-state index contributed by atoms with van der Waals surface area (Å²) in [5, 5.41) is 10.9. The van der Waals surface area contributed by atoms with Crippen LogP contribution in [-0.2, 0) is 11.3 Å². The average Bonchev–Trinajstić information content (AvgIpc) is 3.33. The molecule has 5 rings (SSSR count). The van der Waals surface area contributed by atoms with Gasteiger partial charge in [-0.05, 0) is 47.9 Å². The number of ether oxygens (including phenoxy) is 2. The van der Waals surface area contributed by atoms with E-state index in [2.05, 4.69) is 15.9 Å². The molecule has 6 heteroatoms. The van der Waals surface area contributed by atoms with Gasteiger partial charge in [-0.25, -0.2) is 0 Å². The molecule has 3 aromatic rings. The van der Waals surface area contributed by atoms with Crippen molar-refractivity contribution in [2.24, 2.45) is 0 Å². The Bertz CT molecular complexity index is 1190. The van der Waals surface area contributed by atoms with Gasteiger partial charge in [0.2, 0.25) is 6.79 Å². The fourth-order valence-corrected chi connectivity index (χ4v) is 4.34. The van der Waals surface area contributed by atoms with Crippen LogP contribution in [0.3, 0.4) is 0 Å². The number of aliphatic hydroxyl groups excluding tert-OH is 1. The number of benzene rings is 3. The molecule has 2 aliphatic rings. The number of aryl methyl sites for hydroxylation is 1. The third-order valence-electron chi connectivity index (χ3n) is 5.64. The normalized spacial score (nSPS) is 17.5. The van der Waals surface area contributed by atoms with E-state index in [1.54, 1.807) is 4.90 Å². The summed E-state index contributed by atoms with van der Waals surface area (Å²) < 4.78 is 11.8. The van der Waals surface area contributed by atoms with E-state index in [0.29, 0.717) is 23.6 Å². The molecule has 1 atom stereocenters. The Morgan fingerprint density at radius 1 is 1.00 bits per heavy atom. The molecule has 2 aliphatic heterocycles. The molecule has 0 saturated heterocycles. The van der Waals surface area contributed by atoms with Crippen LogP contribution in [0.5, 0.6) is 11.5 Å². The van der Waals surface area contributed by atoms with E-state index in [1.807, 2.05) is 73.7 Å². The van der Waals surface area contributed by atoms with E-state index in [4.69, 9.17) is 9.47 Å². The van der Waals surface area contributed by atoms with Crippen molar-refractivity contribution in [3.8, 4) is 11.5 Å². The quantitative estimate of drug-likeness (QED) is 0.535. The summed E-state index contributed by atoms with van der Waals surface area (Å²) in [5.74, 6) is 0.765. The molecule has 0 bridgehead atoms. The maximum absolute atomic E-state index is 13.2. The minimum atomic E-state index is -0.409. The fourth-order valence-electron chi connectivity index (χ4n) is 4.07. The number of rotatable bonds is 4. The van der Waals surface area contributed by atoms with Gasteiger partial charge in [0.15, 0.2) is 17.3 Å². The van der Waals surface area contributed by atoms with Gasteiger partial charge >= 0.3 is 0 Å². The van der Waals surface area contributed by atoms with Gasteiger partial charge in [-0.1, -0.05) is 64.0 Å². The Balaban J connectivity index is 1.57. The molecule has 1 N–H and O–H groups in total. The van der Waals surface area contributed by atoms with Crippen LogP contribution in [0, 0.1) is 6.92 Å². The van der Waals surface area contributed by atoms with Gasteiger partial charge in [0.05, 0.1) is 6.04 Å². The van der Waals surface area contributed by atoms with Crippen LogP contribution in [-0.4, -0.2) is 22.7 Å². The van der Waals surface area contributed by atoms with E-state index < -0.39 is 6.04 Å². The number of carbonyl (C=O) groups excluding carboxylic acids is 1. The number of carbonyl (C=O) groups is 1. The lowest BCUT2D eigenvalue weighted by atomic mass is 9.93. The minimum absolute atomic E-state index is 0.197. The third kappa shape index (κ3) is 3.57. The highest BCUT2D eigenvalue weighted by atomic mass is 79.9. The highest BCUT2D eigenvalue weighted by Gasteiger charge is 2.41. The van der Waals surface area contributed by atoms with Gasteiger partial charge in [0, 0.05) is 16.6 Å². The molecule has 5 nitrogen and oxygen atoms in total. The molecule has 0 radical (unpaired) electrons. The lowest BCUT2D eigenvalue weighted by molar-refractivity contribution is -0.130. The molecule has 2 heterocycles. The van der Waals surface area contributed by atoms with Crippen LogP contribution in [0.2, 0.25) is 0 Å². The molecular formula is C25H20BrNO4. The molecule has 156 valence electrons. The van der Waals surface area contributed by atoms with E-state index in [1.165, 1.54) is 0 Å². The molecule has 0 saturated carbocycles. The highest BCUT2D eigenvalue weighted by molar-refractivity contribution is 9.10. The van der Waals surface area contributed by atoms with E-state index in [9.17, 15) is 9.90 Å². The molecule has 1 unspecified atom stereocenters. The lowest BCUT2D eigenvalue weighted by Crippen LogP contribution is -2.29. The number of fused-ring (bicyclic) bond motifs is 1. The van der Waals surface area contributed by atoms with Gasteiger partial charge in [0.25, 0.3) is 5.91 Å². The van der Waals surface area contributed by atoms with Crippen molar-refractivity contribution < 1.29 is 19.4 Å². The van der Waals surface area contributed by atoms with Crippen molar-refractivity contribution in [3.63, 3.8) is 0 Å². The van der Waals surface area contributed by atoms with Crippen molar-refractivity contribution in [3.05, 3.63) is 99.2 Å². The smallest absolute Gasteiger partial charge is 0.290 e. The summed E-state index contributed by atoms with van der Waals surface area (Å²) in [6.45, 7) is 2.54. The zero-order chi connectivity index (χ0) is 21.5. The Morgan fingerprint density at radius 2 is 1.71 bits per heavy atom. The maximum atomic E-state index is 13.2. The molecular weight excluding hydrogens is 458 g/mol. The summed E-state index contributed by atoms with van der Waals surface area (Å²) in [5.41, 5.74) is 4.39. The lowest BCUT2D eigenvalue weighted by Gasteiger charge is -2.27. The first-order valence-electron chi connectivity index (χ1n) is 9.96. The first kappa shape index (κ1) is 19.7. The van der Waals surface area contributed by atoms with Crippen molar-refractivity contribution in [1.82, 2.24) is 4.90 Å². The molecule has 0 aromatic heterocycles. The third-order valence-corrected chi connectivity index (χ3v) is 6.17. The average molecular weight is 478 g/mol. The van der Waals surface area contributed by atoms with Gasteiger partial charge in [0.1, 0.15) is 0 Å². The monoisotopic (exact) mass is 477 g/mol. The topological polar surface area (TPSA) is 59.0 Å². The largest absolute Gasteiger partial charge is 0.503 e. The Labute approximate surface area is 188 Å². The van der Waals surface area contributed by atoms with Crippen molar-refractivity contribution in [2.45, 2.75) is 19.5 Å². The summed E-state index contributed by atoms with van der Waals surface area (Å²) in [6.07, 6.45) is 0. The van der Waals surface area contributed by atoms with E-state index in [-0.39, 0.29) is 18.5 Å². The second-order valence-electron chi connectivity index (χ2n) is 7.70. The fraction of sp³-hybridized carbons (Fsp3) is 0.160. The van der Waals surface area contributed by atoms with Crippen molar-refractivity contribution in [1.29, 1.82) is 0 Å². The van der Waals surface area contributed by atoms with E-state index in [0.717, 1.165) is 26.7 Å². The van der Waals surface area contributed by atoms with Crippen LogP contribution in [0.1, 0.15) is 28.3 Å². The van der Waals surface area contributed by atoms with E-state index >= 15 is 0 Å². The van der Waals surface area contributed by atoms with Crippen molar-refractivity contribution >= 4 is 27.4 Å². The van der Waals surface area contributed by atoms with Gasteiger partial charge in [-0.15, -0.1) is 0 Å². The highest BCUT2D eigenvalue weighted by Crippen LogP contribution is 2.44. The molecule has 31 heavy (non-hydrogen) atoms. The van der Waals surface area contributed by atoms with Crippen LogP contribution < -0.4 is 9.47 Å². The zero-order valence-electron chi connectivity index (χ0n) is 16.8. The van der Waals surface area contributed by atoms with Gasteiger partial charge < -0.3 is 19.5 Å². The Kier molecular flexibility index (Phi) is 4.94. The molecule has 0 fully saturated rings. The summed E-state index contributed by atoms with van der Waals surface area (Å²) in [6, 6.07) is 20.9. The van der Waals surface area contributed by atoms with Crippen LogP contribution in [0.15, 0.2) is 77.0 Å². The number of hydrogen-bond acceptors (Lipinski definition) is 4. The van der Waals surface area contributed by atoms with Gasteiger partial charge in [-0.3, -0.25) is 4.79 Å². The Hall–Kier alpha value is -3.25. The summed E-state index contributed by atoms with van der Waals surface area (Å²) >= 11 is 3.48. The second kappa shape index (κ2) is 7.78. The predicted octanol–water partition coefficient (Wildman–Crippen LogP) is 5.54. The molecule has 1 amide bonds. The zero-order valence-corrected chi connectivity index (χ0v) is 18.4. The standard InChI is InChI=1S/C25H20BrNO4/c1-15-2-5-17(6-3-15)22-23(18-7-9-19(26)10-8-18)27(25(29)24(22)28)13-16-4-11-20-21(12-16)31-14-30-20/h2-12,23,28H,13-14H2,1H3. The number of halogens is 1. The molecule has 0 aliphatic carbocycles. The summed E-state index contributed by atoms with van der Waals surface area (Å²) in [7, 11) is 0. The van der Waals surface area contributed by atoms with Crippen molar-refractivity contribution in [2.75, 3.05) is 6.79 Å². The molecule has 3 aromatic carbocycles. The maximum Gasteiger partial charge on any atom is 0.290 e. The number of hydrogen-bond donors (Lipinski definition) is 1. The second-order valence-corrected chi connectivity index (χ2v) is 8.62. The predicted molar refractivity (Wildman–Crippen MR) is 121 cm³/mol. The molecule has 0 spiro atoms. The number of amides is 1. The first-order valence-corrected chi connectivity index (χ1v) is 10.8.